The molecule has 0 spiro atoms. The van der Waals surface area contributed by atoms with Crippen LogP contribution >= 0.6 is 0 Å². The zero-order valence-electron chi connectivity index (χ0n) is 7.80. The molecule has 0 bridgehead atoms. The average Bonchev–Trinajstić information content (AvgIpc) is 2.17. The lowest BCUT2D eigenvalue weighted by Crippen LogP contribution is -2.42. The topological polar surface area (TPSA) is 49.8 Å². The van der Waals surface area contributed by atoms with Crippen LogP contribution in [0.25, 0.3) is 0 Å². The standard InChI is InChI=1S/C10H11NO3/c1-11-6-9(10(12)13)14-8-5-3-2-4-7(8)11/h2-5,9H,6H2,1H3,(H,12,13)/t9-/m1/s1. The molecule has 1 heterocycles. The summed E-state index contributed by atoms with van der Waals surface area (Å²) >= 11 is 0. The van der Waals surface area contributed by atoms with Crippen LogP contribution in [0.3, 0.4) is 0 Å². The fourth-order valence-corrected chi connectivity index (χ4v) is 1.54. The number of anilines is 1. The maximum atomic E-state index is 10.8. The van der Waals surface area contributed by atoms with Crippen LogP contribution in [0, 0.1) is 0 Å². The molecule has 0 saturated heterocycles. The second kappa shape index (κ2) is 3.21. The maximum absolute atomic E-state index is 10.8. The van der Waals surface area contributed by atoms with Gasteiger partial charge >= 0.3 is 5.97 Å². The van der Waals surface area contributed by atoms with Crippen molar-refractivity contribution < 1.29 is 14.6 Å². The Morgan fingerprint density at radius 1 is 1.57 bits per heavy atom. The van der Waals surface area contributed by atoms with Crippen LogP contribution in [0.5, 0.6) is 5.75 Å². The summed E-state index contributed by atoms with van der Waals surface area (Å²) in [6.07, 6.45) is -0.769. The van der Waals surface area contributed by atoms with E-state index in [0.717, 1.165) is 5.69 Å². The Morgan fingerprint density at radius 2 is 2.29 bits per heavy atom. The fraction of sp³-hybridized carbons (Fsp3) is 0.300. The van der Waals surface area contributed by atoms with Crippen LogP contribution in [-0.4, -0.2) is 30.8 Å². The van der Waals surface area contributed by atoms with Gasteiger partial charge in [-0.15, -0.1) is 0 Å². The molecule has 1 aliphatic heterocycles. The van der Waals surface area contributed by atoms with Crippen molar-refractivity contribution in [2.24, 2.45) is 0 Å². The summed E-state index contributed by atoms with van der Waals surface area (Å²) in [7, 11) is 1.86. The Balaban J connectivity index is 2.33. The molecule has 0 radical (unpaired) electrons. The summed E-state index contributed by atoms with van der Waals surface area (Å²) < 4.78 is 5.32. The molecule has 0 saturated carbocycles. The van der Waals surface area contributed by atoms with Gasteiger partial charge in [-0.25, -0.2) is 4.79 Å². The van der Waals surface area contributed by atoms with Gasteiger partial charge in [0.05, 0.1) is 12.2 Å². The lowest BCUT2D eigenvalue weighted by molar-refractivity contribution is -0.144. The van der Waals surface area contributed by atoms with E-state index < -0.39 is 12.1 Å². The first-order valence-electron chi connectivity index (χ1n) is 4.38. The highest BCUT2D eigenvalue weighted by molar-refractivity contribution is 5.76. The summed E-state index contributed by atoms with van der Waals surface area (Å²) in [5, 5.41) is 8.83. The van der Waals surface area contributed by atoms with Crippen molar-refractivity contribution in [1.82, 2.24) is 0 Å². The molecule has 1 aromatic rings. The van der Waals surface area contributed by atoms with E-state index in [0.29, 0.717) is 12.3 Å². The number of nitrogens with zero attached hydrogens (tertiary/aromatic N) is 1. The molecule has 1 N–H and O–H groups in total. The minimum Gasteiger partial charge on any atom is -0.478 e. The molecule has 74 valence electrons. The van der Waals surface area contributed by atoms with E-state index in [1.54, 1.807) is 6.07 Å². The Labute approximate surface area is 81.7 Å². The zero-order chi connectivity index (χ0) is 10.1. The van der Waals surface area contributed by atoms with Crippen LogP contribution in [0.2, 0.25) is 0 Å². The largest absolute Gasteiger partial charge is 0.478 e. The van der Waals surface area contributed by atoms with Crippen molar-refractivity contribution in [3.8, 4) is 5.75 Å². The second-order valence-electron chi connectivity index (χ2n) is 3.29. The summed E-state index contributed by atoms with van der Waals surface area (Å²) in [5.74, 6) is -0.292. The number of likely N-dealkylation sites (N-methyl/N-ethyl adjacent to an activating group) is 1. The number of rotatable bonds is 1. The lowest BCUT2D eigenvalue weighted by atomic mass is 10.2. The molecule has 1 aliphatic rings. The van der Waals surface area contributed by atoms with Crippen LogP contribution in [0.4, 0.5) is 5.69 Å². The number of para-hydroxylation sites is 2. The first-order valence-corrected chi connectivity index (χ1v) is 4.38. The van der Waals surface area contributed by atoms with Crippen LogP contribution < -0.4 is 9.64 Å². The van der Waals surface area contributed by atoms with Crippen molar-refractivity contribution in [3.63, 3.8) is 0 Å². The third-order valence-corrected chi connectivity index (χ3v) is 2.26. The van der Waals surface area contributed by atoms with Gasteiger partial charge in [0.25, 0.3) is 0 Å². The van der Waals surface area contributed by atoms with Gasteiger partial charge < -0.3 is 14.7 Å². The molecule has 0 aliphatic carbocycles. The van der Waals surface area contributed by atoms with E-state index in [1.165, 1.54) is 0 Å². The highest BCUT2D eigenvalue weighted by atomic mass is 16.5. The molecule has 4 nitrogen and oxygen atoms in total. The van der Waals surface area contributed by atoms with Gasteiger partial charge in [0.1, 0.15) is 5.75 Å². The molecule has 4 heteroatoms. The van der Waals surface area contributed by atoms with Crippen LogP contribution in [-0.2, 0) is 4.79 Å². The summed E-state index contributed by atoms with van der Waals surface area (Å²) in [6, 6.07) is 7.42. The van der Waals surface area contributed by atoms with Gasteiger partial charge in [0, 0.05) is 7.05 Å². The van der Waals surface area contributed by atoms with Crippen molar-refractivity contribution in [2.75, 3.05) is 18.5 Å². The predicted molar refractivity (Wildman–Crippen MR) is 51.8 cm³/mol. The molecule has 14 heavy (non-hydrogen) atoms. The molecule has 0 unspecified atom stereocenters. The monoisotopic (exact) mass is 193 g/mol. The van der Waals surface area contributed by atoms with E-state index >= 15 is 0 Å². The van der Waals surface area contributed by atoms with Crippen molar-refractivity contribution in [3.05, 3.63) is 24.3 Å². The minimum atomic E-state index is -0.925. The molecule has 2 rings (SSSR count). The number of ether oxygens (including phenoxy) is 1. The first kappa shape index (κ1) is 8.87. The Kier molecular flexibility index (Phi) is 2.04. The maximum Gasteiger partial charge on any atom is 0.346 e. The predicted octanol–water partition coefficient (Wildman–Crippen LogP) is 0.968. The van der Waals surface area contributed by atoms with Crippen LogP contribution in [0.15, 0.2) is 24.3 Å². The number of carboxylic acids is 1. The third-order valence-electron chi connectivity index (χ3n) is 2.26. The van der Waals surface area contributed by atoms with Gasteiger partial charge in [-0.2, -0.15) is 0 Å². The molecule has 0 fully saturated rings. The van der Waals surface area contributed by atoms with E-state index in [2.05, 4.69) is 0 Å². The molecular formula is C10H11NO3. The van der Waals surface area contributed by atoms with Crippen molar-refractivity contribution in [2.45, 2.75) is 6.10 Å². The number of fused-ring (bicyclic) bond motifs is 1. The Bertz CT molecular complexity index is 364. The summed E-state index contributed by atoms with van der Waals surface area (Å²) in [5.41, 5.74) is 0.935. The van der Waals surface area contributed by atoms with Gasteiger partial charge in [-0.05, 0) is 12.1 Å². The van der Waals surface area contributed by atoms with Gasteiger partial charge in [-0.1, -0.05) is 12.1 Å². The SMILES string of the molecule is CN1C[C@H](C(=O)O)Oc2ccccc21. The van der Waals surface area contributed by atoms with Crippen LogP contribution in [0.1, 0.15) is 0 Å². The first-order chi connectivity index (χ1) is 6.68. The lowest BCUT2D eigenvalue weighted by Gasteiger charge is -2.31. The highest BCUT2D eigenvalue weighted by Gasteiger charge is 2.28. The zero-order valence-corrected chi connectivity index (χ0v) is 7.80. The van der Waals surface area contributed by atoms with Crippen molar-refractivity contribution in [1.29, 1.82) is 0 Å². The minimum absolute atomic E-state index is 0.381. The number of benzene rings is 1. The quantitative estimate of drug-likeness (QED) is 0.722. The fourth-order valence-electron chi connectivity index (χ4n) is 1.54. The van der Waals surface area contributed by atoms with Gasteiger partial charge in [-0.3, -0.25) is 0 Å². The number of hydrogen-bond acceptors (Lipinski definition) is 3. The summed E-state index contributed by atoms with van der Waals surface area (Å²) in [6.45, 7) is 0.381. The number of aliphatic carboxylic acids is 1. The Morgan fingerprint density at radius 3 is 3.00 bits per heavy atom. The van der Waals surface area contributed by atoms with Gasteiger partial charge in [0.2, 0.25) is 6.10 Å². The summed E-state index contributed by atoms with van der Waals surface area (Å²) in [4.78, 5) is 12.6. The normalized spacial score (nSPS) is 19.8. The Hall–Kier alpha value is -1.71. The molecule has 1 aromatic carbocycles. The van der Waals surface area contributed by atoms with E-state index in [9.17, 15) is 4.79 Å². The third kappa shape index (κ3) is 1.39. The molecule has 0 aromatic heterocycles. The van der Waals surface area contributed by atoms with E-state index in [-0.39, 0.29) is 0 Å². The van der Waals surface area contributed by atoms with Crippen molar-refractivity contribution >= 4 is 11.7 Å². The number of hydrogen-bond donors (Lipinski definition) is 1. The smallest absolute Gasteiger partial charge is 0.346 e. The highest BCUT2D eigenvalue weighted by Crippen LogP contribution is 2.31. The van der Waals surface area contributed by atoms with E-state index in [1.807, 2.05) is 30.1 Å². The molecule has 1 atom stereocenters. The second-order valence-corrected chi connectivity index (χ2v) is 3.29. The van der Waals surface area contributed by atoms with E-state index in [4.69, 9.17) is 9.84 Å². The molecule has 0 amide bonds. The van der Waals surface area contributed by atoms with Gasteiger partial charge in [0.15, 0.2) is 0 Å². The average molecular weight is 193 g/mol. The number of carboxylic acid groups (broad SMARTS) is 1. The molecular weight excluding hydrogens is 182 g/mol. The number of carbonyl (C=O) groups is 1.